The summed E-state index contributed by atoms with van der Waals surface area (Å²) >= 11 is 0. The maximum absolute atomic E-state index is 15.0. The Labute approximate surface area is 202 Å². The fourth-order valence-corrected chi connectivity index (χ4v) is 6.75. The van der Waals surface area contributed by atoms with Crippen LogP contribution in [-0.4, -0.2) is 72.2 Å². The number of urea groups is 1. The molecule has 2 aliphatic carbocycles. The van der Waals surface area contributed by atoms with E-state index in [9.17, 15) is 13.6 Å². The van der Waals surface area contributed by atoms with E-state index in [0.29, 0.717) is 49.7 Å². The minimum absolute atomic E-state index is 0.0400. The number of carbonyl (C=O) groups excluding carboxylic acids is 1. The van der Waals surface area contributed by atoms with E-state index in [1.165, 1.54) is 5.56 Å². The average Bonchev–Trinajstić information content (AvgIpc) is 3.51. The molecule has 0 spiro atoms. The second-order valence-electron chi connectivity index (χ2n) is 11.3. The molecule has 7 heteroatoms. The van der Waals surface area contributed by atoms with Crippen LogP contribution in [0.3, 0.4) is 0 Å². The first-order valence-electron chi connectivity index (χ1n) is 13.2. The van der Waals surface area contributed by atoms with Crippen LogP contribution in [0.4, 0.5) is 13.6 Å². The van der Waals surface area contributed by atoms with Crippen molar-refractivity contribution in [2.24, 2.45) is 11.8 Å². The van der Waals surface area contributed by atoms with E-state index in [-0.39, 0.29) is 18.6 Å². The molecule has 0 radical (unpaired) electrons. The fraction of sp³-hybridized carbons (Fsp3) is 0.741. The van der Waals surface area contributed by atoms with E-state index in [1.807, 2.05) is 6.07 Å². The van der Waals surface area contributed by atoms with Crippen LogP contribution in [0.1, 0.15) is 63.9 Å². The summed E-state index contributed by atoms with van der Waals surface area (Å²) in [5, 5.41) is 2.74. The van der Waals surface area contributed by atoms with Gasteiger partial charge in [0.15, 0.2) is 0 Å². The van der Waals surface area contributed by atoms with Crippen molar-refractivity contribution < 1.29 is 18.3 Å². The van der Waals surface area contributed by atoms with Crippen LogP contribution in [0.15, 0.2) is 30.3 Å². The number of amides is 2. The Bertz CT molecular complexity index is 838. The summed E-state index contributed by atoms with van der Waals surface area (Å²) in [5.74, 6) is -1.49. The number of carbonyl (C=O) groups is 1. The van der Waals surface area contributed by atoms with Crippen LogP contribution in [0, 0.1) is 11.8 Å². The Morgan fingerprint density at radius 1 is 1.09 bits per heavy atom. The number of alkyl halides is 2. The number of halogens is 2. The van der Waals surface area contributed by atoms with Crippen molar-refractivity contribution in [2.45, 2.75) is 88.5 Å². The molecule has 34 heavy (non-hydrogen) atoms. The highest BCUT2D eigenvalue weighted by Crippen LogP contribution is 2.46. The van der Waals surface area contributed by atoms with Gasteiger partial charge in [-0.3, -0.25) is 4.90 Å². The Morgan fingerprint density at radius 2 is 1.79 bits per heavy atom. The molecular formula is C27H39F2N3O2. The number of hydrogen-bond donors (Lipinski definition) is 1. The van der Waals surface area contributed by atoms with Gasteiger partial charge in [0, 0.05) is 38.6 Å². The quantitative estimate of drug-likeness (QED) is 0.660. The van der Waals surface area contributed by atoms with Crippen molar-refractivity contribution in [2.75, 3.05) is 26.2 Å². The number of benzene rings is 1. The number of rotatable bonds is 5. The zero-order valence-corrected chi connectivity index (χ0v) is 20.5. The van der Waals surface area contributed by atoms with Crippen molar-refractivity contribution in [1.29, 1.82) is 0 Å². The van der Waals surface area contributed by atoms with Gasteiger partial charge in [0.2, 0.25) is 0 Å². The third kappa shape index (κ3) is 4.97. The third-order valence-corrected chi connectivity index (χ3v) is 8.69. The number of ether oxygens (including phenoxy) is 1. The van der Waals surface area contributed by atoms with Crippen LogP contribution in [0.5, 0.6) is 0 Å². The Kier molecular flexibility index (Phi) is 6.86. The van der Waals surface area contributed by atoms with Gasteiger partial charge in [-0.2, -0.15) is 0 Å². The zero-order valence-electron chi connectivity index (χ0n) is 20.5. The van der Waals surface area contributed by atoms with Gasteiger partial charge in [0.05, 0.1) is 12.2 Å². The molecule has 2 amide bonds. The third-order valence-electron chi connectivity index (χ3n) is 8.69. The molecule has 4 aliphatic rings. The lowest BCUT2D eigenvalue weighted by Gasteiger charge is -2.40. The Morgan fingerprint density at radius 3 is 2.44 bits per heavy atom. The van der Waals surface area contributed by atoms with E-state index in [1.54, 1.807) is 4.90 Å². The lowest BCUT2D eigenvalue weighted by Crippen LogP contribution is -2.60. The molecule has 1 aromatic carbocycles. The predicted octanol–water partition coefficient (Wildman–Crippen LogP) is 4.88. The van der Waals surface area contributed by atoms with Crippen molar-refractivity contribution in [3.8, 4) is 0 Å². The maximum Gasteiger partial charge on any atom is 0.317 e. The van der Waals surface area contributed by atoms with Crippen molar-refractivity contribution >= 4 is 6.03 Å². The number of fused-ring (bicyclic) bond motifs is 1. The second kappa shape index (κ2) is 9.73. The lowest BCUT2D eigenvalue weighted by molar-refractivity contribution is -0.138. The number of nitrogens with zero attached hydrogens (tertiary/aromatic N) is 2. The highest BCUT2D eigenvalue weighted by Gasteiger charge is 2.51. The first-order chi connectivity index (χ1) is 16.3. The van der Waals surface area contributed by atoms with Gasteiger partial charge < -0.3 is 15.0 Å². The van der Waals surface area contributed by atoms with E-state index in [0.717, 1.165) is 32.4 Å². The summed E-state index contributed by atoms with van der Waals surface area (Å²) in [6.45, 7) is 7.33. The van der Waals surface area contributed by atoms with Gasteiger partial charge in [0.25, 0.3) is 5.92 Å². The number of hydrogen-bond acceptors (Lipinski definition) is 3. The van der Waals surface area contributed by atoms with Crippen molar-refractivity contribution in [1.82, 2.24) is 15.1 Å². The van der Waals surface area contributed by atoms with Gasteiger partial charge in [-0.15, -0.1) is 0 Å². The molecule has 188 valence electrons. The van der Waals surface area contributed by atoms with Gasteiger partial charge in [-0.05, 0) is 69.3 Å². The standard InChI is InChI=1S/C27H39F2N3O2/c1-18(2)31-12-10-23(17-31)34-24-9-6-11-27(28,29)25(24)30-26(33)32-15-21-13-20(14-22(21)16-32)19-7-4-3-5-8-19/h3-5,7-8,18,20-25H,6,9-17H2,1-2H3,(H,30,33)/t20?,21-,22+,23-,24-,25+/m0/s1. The Hall–Kier alpha value is -1.73. The highest BCUT2D eigenvalue weighted by atomic mass is 19.3. The minimum Gasteiger partial charge on any atom is -0.371 e. The van der Waals surface area contributed by atoms with Crippen LogP contribution in [0.25, 0.3) is 0 Å². The molecule has 0 bridgehead atoms. The molecule has 5 nitrogen and oxygen atoms in total. The van der Waals surface area contributed by atoms with E-state index >= 15 is 0 Å². The maximum atomic E-state index is 15.0. The van der Waals surface area contributed by atoms with Crippen LogP contribution < -0.4 is 5.32 Å². The molecule has 2 aliphatic heterocycles. The lowest BCUT2D eigenvalue weighted by atomic mass is 9.88. The molecule has 2 heterocycles. The summed E-state index contributed by atoms with van der Waals surface area (Å²) < 4.78 is 36.2. The van der Waals surface area contributed by atoms with E-state index < -0.39 is 18.1 Å². The molecule has 1 unspecified atom stereocenters. The highest BCUT2D eigenvalue weighted by molar-refractivity contribution is 5.75. The van der Waals surface area contributed by atoms with Crippen LogP contribution in [-0.2, 0) is 4.74 Å². The monoisotopic (exact) mass is 475 g/mol. The van der Waals surface area contributed by atoms with Crippen LogP contribution >= 0.6 is 0 Å². The van der Waals surface area contributed by atoms with Gasteiger partial charge in [-0.1, -0.05) is 30.3 Å². The van der Waals surface area contributed by atoms with E-state index in [4.69, 9.17) is 4.74 Å². The smallest absolute Gasteiger partial charge is 0.317 e. The van der Waals surface area contributed by atoms with Crippen LogP contribution in [0.2, 0.25) is 0 Å². The van der Waals surface area contributed by atoms with Gasteiger partial charge in [-0.25, -0.2) is 13.6 Å². The molecule has 2 saturated heterocycles. The number of likely N-dealkylation sites (tertiary alicyclic amines) is 2. The fourth-order valence-electron chi connectivity index (χ4n) is 6.75. The van der Waals surface area contributed by atoms with Crippen molar-refractivity contribution in [3.63, 3.8) is 0 Å². The Balaban J connectivity index is 1.18. The zero-order chi connectivity index (χ0) is 23.9. The summed E-state index contributed by atoms with van der Waals surface area (Å²) in [6, 6.07) is 9.40. The summed E-state index contributed by atoms with van der Waals surface area (Å²) in [5.41, 5.74) is 1.37. The molecular weight excluding hydrogens is 436 g/mol. The first-order valence-corrected chi connectivity index (χ1v) is 13.2. The summed E-state index contributed by atoms with van der Waals surface area (Å²) in [6.07, 6.45) is 3.14. The molecule has 5 rings (SSSR count). The molecule has 2 saturated carbocycles. The molecule has 0 aromatic heterocycles. The van der Waals surface area contributed by atoms with E-state index in [2.05, 4.69) is 48.3 Å². The molecule has 1 aromatic rings. The molecule has 4 fully saturated rings. The van der Waals surface area contributed by atoms with Gasteiger partial charge in [0.1, 0.15) is 6.04 Å². The predicted molar refractivity (Wildman–Crippen MR) is 128 cm³/mol. The molecule has 6 atom stereocenters. The second-order valence-corrected chi connectivity index (χ2v) is 11.3. The SMILES string of the molecule is CC(C)N1CC[C@H](O[C@H]2CCCC(F)(F)[C@@H]2NC(=O)N2C[C@H]3CC(c4ccccc4)C[C@H]3C2)C1. The van der Waals surface area contributed by atoms with Crippen molar-refractivity contribution in [3.05, 3.63) is 35.9 Å². The molecule has 1 N–H and O–H groups in total. The van der Waals surface area contributed by atoms with Gasteiger partial charge >= 0.3 is 6.03 Å². The minimum atomic E-state index is -2.94. The average molecular weight is 476 g/mol. The topological polar surface area (TPSA) is 44.8 Å². The normalized spacial score (nSPS) is 35.6. The number of nitrogens with one attached hydrogen (secondary N) is 1. The summed E-state index contributed by atoms with van der Waals surface area (Å²) in [7, 11) is 0. The largest absolute Gasteiger partial charge is 0.371 e. The summed E-state index contributed by atoms with van der Waals surface area (Å²) in [4.78, 5) is 17.2. The first kappa shape index (κ1) is 24.0.